The molecule has 3 aliphatic carbocycles. The lowest BCUT2D eigenvalue weighted by Gasteiger charge is -2.64. The summed E-state index contributed by atoms with van der Waals surface area (Å²) in [4.78, 5) is 1.86. The van der Waals surface area contributed by atoms with Crippen LogP contribution >= 0.6 is 0 Å². The molecule has 0 amide bonds. The van der Waals surface area contributed by atoms with Crippen LogP contribution in [0.15, 0.2) is 12.1 Å². The van der Waals surface area contributed by atoms with Crippen LogP contribution in [0.5, 0.6) is 11.5 Å². The predicted molar refractivity (Wildman–Crippen MR) is 95.4 cm³/mol. The van der Waals surface area contributed by atoms with Crippen molar-refractivity contribution in [1.29, 1.82) is 0 Å². The van der Waals surface area contributed by atoms with Gasteiger partial charge in [0.2, 0.25) is 0 Å². The van der Waals surface area contributed by atoms with E-state index in [1.165, 1.54) is 0 Å². The molecule has 0 aromatic heterocycles. The third-order valence-electron chi connectivity index (χ3n) is 7.73. The molecule has 0 radical (unpaired) electrons. The molecule has 140 valence electrons. The summed E-state index contributed by atoms with van der Waals surface area (Å²) in [6.07, 6.45) is 1.06. The number of rotatable bonds is 2. The number of ether oxygens (including phenoxy) is 1. The van der Waals surface area contributed by atoms with Crippen molar-refractivity contribution in [2.75, 3.05) is 13.0 Å². The van der Waals surface area contributed by atoms with Crippen molar-refractivity contribution in [2.24, 2.45) is 5.92 Å². The van der Waals surface area contributed by atoms with Gasteiger partial charge in [-0.25, -0.2) is 0 Å². The van der Waals surface area contributed by atoms with E-state index < -0.39 is 35.7 Å². The number of nitrogens with zero attached hydrogens (tertiary/aromatic N) is 1. The van der Waals surface area contributed by atoms with Crippen LogP contribution < -0.4 is 4.74 Å². The summed E-state index contributed by atoms with van der Waals surface area (Å²) in [5, 5.41) is 33.5. The van der Waals surface area contributed by atoms with E-state index in [1.807, 2.05) is 11.0 Å². The van der Waals surface area contributed by atoms with Gasteiger partial charge >= 0.3 is 0 Å². The fourth-order valence-corrected chi connectivity index (χ4v) is 6.27. The summed E-state index contributed by atoms with van der Waals surface area (Å²) < 4.78 is 32.3. The number of piperidine rings is 1. The van der Waals surface area contributed by atoms with Crippen molar-refractivity contribution < 1.29 is 24.2 Å². The summed E-state index contributed by atoms with van der Waals surface area (Å²) in [5.41, 5.74) is -0.663. The van der Waals surface area contributed by atoms with E-state index in [2.05, 4.69) is 0 Å². The molecule has 2 aliphatic heterocycles. The normalized spacial score (nSPS) is 48.6. The van der Waals surface area contributed by atoms with Gasteiger partial charge in [0.1, 0.15) is 6.10 Å². The molecule has 1 aromatic rings. The van der Waals surface area contributed by atoms with Crippen molar-refractivity contribution in [3.63, 3.8) is 0 Å². The molecule has 1 spiro atoms. The number of aromatic hydroxyl groups is 1. The van der Waals surface area contributed by atoms with Gasteiger partial charge in [-0.05, 0) is 62.6 Å². The minimum Gasteiger partial charge on any atom is -0.504 e. The minimum atomic E-state index is -1.87. The Labute approximate surface area is 157 Å². The maximum Gasteiger partial charge on any atom is 0.165 e. The lowest BCUT2D eigenvalue weighted by molar-refractivity contribution is -0.209. The second-order valence-electron chi connectivity index (χ2n) is 8.75. The summed E-state index contributed by atoms with van der Waals surface area (Å²) in [7, 11) is 0. The molecule has 2 saturated carbocycles. The quantitative estimate of drug-likeness (QED) is 0.749. The monoisotopic (exact) mass is 360 g/mol. The number of likely N-dealkylation sites (tertiary alicyclic amines) is 1. The van der Waals surface area contributed by atoms with Gasteiger partial charge in [-0.2, -0.15) is 0 Å². The second kappa shape index (κ2) is 4.94. The van der Waals surface area contributed by atoms with Gasteiger partial charge in [-0.1, -0.05) is 12.5 Å². The highest BCUT2D eigenvalue weighted by Gasteiger charge is 2.72. The number of phenols is 1. The van der Waals surface area contributed by atoms with Crippen LogP contribution in [0, 0.1) is 5.92 Å². The maximum atomic E-state index is 12.2. The van der Waals surface area contributed by atoms with E-state index in [4.69, 9.17) is 8.85 Å². The van der Waals surface area contributed by atoms with E-state index >= 15 is 0 Å². The molecule has 2 heterocycles. The minimum absolute atomic E-state index is 0.0238. The SMILES string of the molecule is [2H]C([2H])(C1CCC1)N1CC[C@]23c4c5ccc(O)c4O[C@H]2[C@@]([2H])(O)CC[C@@]3(O)[C@H]1C5. The average molecular weight is 360 g/mol. The average Bonchev–Trinajstić information content (AvgIpc) is 2.94. The van der Waals surface area contributed by atoms with Crippen molar-refractivity contribution in [3.8, 4) is 11.5 Å². The van der Waals surface area contributed by atoms with Crippen LogP contribution in [0.4, 0.5) is 0 Å². The Kier molecular flexibility index (Phi) is 2.47. The lowest BCUT2D eigenvalue weighted by atomic mass is 9.48. The number of phenolic OH excluding ortho intramolecular Hbond substituents is 1. The zero-order valence-corrected chi connectivity index (χ0v) is 14.7. The van der Waals surface area contributed by atoms with E-state index in [-0.39, 0.29) is 30.3 Å². The Morgan fingerprint density at radius 2 is 2.15 bits per heavy atom. The van der Waals surface area contributed by atoms with Gasteiger partial charge in [0.15, 0.2) is 11.5 Å². The first-order valence-corrected chi connectivity index (χ1v) is 9.86. The Morgan fingerprint density at radius 1 is 1.31 bits per heavy atom. The smallest absolute Gasteiger partial charge is 0.165 e. The van der Waals surface area contributed by atoms with Crippen molar-refractivity contribution in [2.45, 2.75) is 74.2 Å². The molecular formula is C21H27NO4. The Morgan fingerprint density at radius 3 is 2.92 bits per heavy atom. The predicted octanol–water partition coefficient (Wildman–Crippen LogP) is 1.71. The first kappa shape index (κ1) is 13.0. The highest BCUT2D eigenvalue weighted by atomic mass is 16.5. The first-order valence-electron chi connectivity index (χ1n) is 11.4. The molecule has 3 N–H and O–H groups in total. The molecule has 5 nitrogen and oxygen atoms in total. The van der Waals surface area contributed by atoms with E-state index in [9.17, 15) is 15.3 Å². The summed E-state index contributed by atoms with van der Waals surface area (Å²) >= 11 is 0. The summed E-state index contributed by atoms with van der Waals surface area (Å²) in [6, 6.07) is 2.95. The number of hydrogen-bond acceptors (Lipinski definition) is 5. The molecule has 3 fully saturated rings. The molecule has 1 aromatic carbocycles. The van der Waals surface area contributed by atoms with Crippen LogP contribution in [-0.2, 0) is 11.8 Å². The van der Waals surface area contributed by atoms with Crippen LogP contribution in [0.3, 0.4) is 0 Å². The highest BCUT2D eigenvalue weighted by Crippen LogP contribution is 2.65. The number of benzene rings is 1. The van der Waals surface area contributed by atoms with Crippen LogP contribution in [0.1, 0.15) is 53.8 Å². The van der Waals surface area contributed by atoms with Gasteiger partial charge in [0.05, 0.1) is 18.5 Å². The molecule has 5 heteroatoms. The van der Waals surface area contributed by atoms with Crippen LogP contribution in [0.25, 0.3) is 0 Å². The van der Waals surface area contributed by atoms with Crippen molar-refractivity contribution in [3.05, 3.63) is 23.3 Å². The second-order valence-corrected chi connectivity index (χ2v) is 8.75. The zero-order chi connectivity index (χ0) is 20.4. The van der Waals surface area contributed by atoms with E-state index in [0.29, 0.717) is 19.4 Å². The number of hydrogen-bond donors (Lipinski definition) is 3. The third-order valence-corrected chi connectivity index (χ3v) is 7.73. The highest BCUT2D eigenvalue weighted by molar-refractivity contribution is 5.62. The van der Waals surface area contributed by atoms with Gasteiger partial charge < -0.3 is 20.1 Å². The van der Waals surface area contributed by atoms with Gasteiger partial charge in [0, 0.05) is 20.8 Å². The fraction of sp³-hybridized carbons (Fsp3) is 0.714. The Balaban J connectivity index is 1.56. The first-order chi connectivity index (χ1) is 13.6. The molecule has 1 saturated heterocycles. The maximum absolute atomic E-state index is 12.2. The fourth-order valence-electron chi connectivity index (χ4n) is 6.27. The van der Waals surface area contributed by atoms with Gasteiger partial charge in [-0.3, -0.25) is 4.90 Å². The van der Waals surface area contributed by atoms with Crippen molar-refractivity contribution in [1.82, 2.24) is 4.90 Å². The number of aliphatic hydroxyl groups is 2. The largest absolute Gasteiger partial charge is 0.504 e. The summed E-state index contributed by atoms with van der Waals surface area (Å²) in [6.45, 7) is -1.07. The molecule has 5 aliphatic rings. The third kappa shape index (κ3) is 1.64. The lowest BCUT2D eigenvalue weighted by Crippen LogP contribution is -2.77. The molecule has 26 heavy (non-hydrogen) atoms. The standard InChI is InChI=1S/C21H27NO4/c23-14-5-4-13-10-16-21(25)7-6-15(24)19-20(21,17(13)18(14)26-19)8-9-22(16)11-12-2-1-3-12/h4-5,12,15-16,19,23-25H,1-3,6-11H2/t15-,16+,19-,20-,21+/m0/s1/i11D2,15D. The Hall–Kier alpha value is -1.30. The Bertz CT molecular complexity index is 904. The molecule has 0 unspecified atom stereocenters. The summed E-state index contributed by atoms with van der Waals surface area (Å²) in [5.74, 6) is 0.230. The van der Waals surface area contributed by atoms with Gasteiger partial charge in [0.25, 0.3) is 0 Å². The van der Waals surface area contributed by atoms with Crippen molar-refractivity contribution >= 4 is 0 Å². The molecule has 6 rings (SSSR count). The van der Waals surface area contributed by atoms with Crippen LogP contribution in [0.2, 0.25) is 0 Å². The topological polar surface area (TPSA) is 73.2 Å². The molecular weight excluding hydrogens is 330 g/mol. The zero-order valence-electron chi connectivity index (χ0n) is 17.7. The molecule has 5 atom stereocenters. The van der Waals surface area contributed by atoms with E-state index in [0.717, 1.165) is 30.4 Å². The van der Waals surface area contributed by atoms with Gasteiger partial charge in [-0.15, -0.1) is 0 Å². The van der Waals surface area contributed by atoms with Crippen LogP contribution in [-0.4, -0.2) is 57.1 Å². The molecule has 2 bridgehead atoms. The van der Waals surface area contributed by atoms with E-state index in [1.54, 1.807) is 6.07 Å².